The van der Waals surface area contributed by atoms with E-state index in [-0.39, 0.29) is 18.2 Å². The van der Waals surface area contributed by atoms with E-state index in [4.69, 9.17) is 9.47 Å². The van der Waals surface area contributed by atoms with E-state index < -0.39 is 22.8 Å². The summed E-state index contributed by atoms with van der Waals surface area (Å²) in [6.45, 7) is 5.37. The van der Waals surface area contributed by atoms with Crippen molar-refractivity contribution < 1.29 is 24.0 Å². The van der Waals surface area contributed by atoms with Gasteiger partial charge in [-0.05, 0) is 43.0 Å². The maximum absolute atomic E-state index is 12.2. The van der Waals surface area contributed by atoms with Crippen molar-refractivity contribution in [1.29, 1.82) is 0 Å². The summed E-state index contributed by atoms with van der Waals surface area (Å²) in [4.78, 5) is 34.2. The van der Waals surface area contributed by atoms with Crippen molar-refractivity contribution in [2.75, 3.05) is 6.61 Å². The zero-order valence-electron chi connectivity index (χ0n) is 17.1. The van der Waals surface area contributed by atoms with Gasteiger partial charge in [0, 0.05) is 12.1 Å². The SMILES string of the molecule is CCC(C)c1ccccc1OC(C)C(=O)NNC(=O)COc1ccc([N+](=O)[O-])cc1. The average Bonchev–Trinajstić information content (AvgIpc) is 2.76. The molecule has 2 aromatic carbocycles. The molecule has 160 valence electrons. The number of rotatable bonds is 9. The molecule has 0 aromatic heterocycles. The number of carbonyl (C=O) groups excluding carboxylic acids is 2. The lowest BCUT2D eigenvalue weighted by molar-refractivity contribution is -0.384. The van der Waals surface area contributed by atoms with Gasteiger partial charge in [-0.1, -0.05) is 32.0 Å². The summed E-state index contributed by atoms with van der Waals surface area (Å²) in [6.07, 6.45) is 0.109. The summed E-state index contributed by atoms with van der Waals surface area (Å²) in [7, 11) is 0. The van der Waals surface area contributed by atoms with Crippen LogP contribution in [0.4, 0.5) is 5.69 Å². The van der Waals surface area contributed by atoms with Crippen molar-refractivity contribution in [3.05, 3.63) is 64.2 Å². The highest BCUT2D eigenvalue weighted by Crippen LogP contribution is 2.29. The number of non-ortho nitro benzene ring substituents is 1. The van der Waals surface area contributed by atoms with Crippen molar-refractivity contribution in [2.24, 2.45) is 0 Å². The molecule has 2 aromatic rings. The van der Waals surface area contributed by atoms with Gasteiger partial charge in [-0.15, -0.1) is 0 Å². The molecule has 0 heterocycles. The molecule has 2 N–H and O–H groups in total. The van der Waals surface area contributed by atoms with Crippen LogP contribution in [0.15, 0.2) is 48.5 Å². The van der Waals surface area contributed by atoms with Gasteiger partial charge >= 0.3 is 0 Å². The van der Waals surface area contributed by atoms with E-state index in [2.05, 4.69) is 24.7 Å². The largest absolute Gasteiger partial charge is 0.484 e. The fourth-order valence-electron chi connectivity index (χ4n) is 2.54. The number of nitro benzene ring substituents is 1. The minimum Gasteiger partial charge on any atom is -0.484 e. The molecule has 0 bridgehead atoms. The Bertz CT molecular complexity index is 885. The van der Waals surface area contributed by atoms with E-state index in [0.717, 1.165) is 12.0 Å². The second-order valence-corrected chi connectivity index (χ2v) is 6.68. The van der Waals surface area contributed by atoms with Crippen LogP contribution in [-0.2, 0) is 9.59 Å². The van der Waals surface area contributed by atoms with Crippen LogP contribution in [0, 0.1) is 10.1 Å². The van der Waals surface area contributed by atoms with Crippen LogP contribution in [0.5, 0.6) is 11.5 Å². The fraction of sp³-hybridized carbons (Fsp3) is 0.333. The van der Waals surface area contributed by atoms with Crippen LogP contribution < -0.4 is 20.3 Å². The van der Waals surface area contributed by atoms with E-state index in [0.29, 0.717) is 11.5 Å². The van der Waals surface area contributed by atoms with Crippen molar-refractivity contribution in [2.45, 2.75) is 39.2 Å². The molecule has 0 fully saturated rings. The molecule has 2 unspecified atom stereocenters. The van der Waals surface area contributed by atoms with Gasteiger partial charge in [0.1, 0.15) is 11.5 Å². The number of amides is 2. The van der Waals surface area contributed by atoms with E-state index in [9.17, 15) is 19.7 Å². The summed E-state index contributed by atoms with van der Waals surface area (Å²) >= 11 is 0. The van der Waals surface area contributed by atoms with E-state index in [1.165, 1.54) is 24.3 Å². The first-order chi connectivity index (χ1) is 14.3. The number of hydrazine groups is 1. The first-order valence-electron chi connectivity index (χ1n) is 9.53. The number of nitrogens with one attached hydrogen (secondary N) is 2. The number of nitrogens with zero attached hydrogens (tertiary/aromatic N) is 1. The first kappa shape index (κ1) is 22.7. The second-order valence-electron chi connectivity index (χ2n) is 6.68. The molecule has 0 aliphatic carbocycles. The molecule has 0 spiro atoms. The standard InChI is InChI=1S/C21H25N3O6/c1-4-14(2)18-7-5-6-8-19(18)30-15(3)21(26)23-22-20(25)13-29-17-11-9-16(10-12-17)24(27)28/h5-12,14-15H,4,13H2,1-3H3,(H,22,25)(H,23,26). The van der Waals surface area contributed by atoms with Crippen LogP contribution in [0.3, 0.4) is 0 Å². The van der Waals surface area contributed by atoms with E-state index in [1.54, 1.807) is 6.92 Å². The summed E-state index contributed by atoms with van der Waals surface area (Å²) in [5.41, 5.74) is 5.47. The quantitative estimate of drug-likeness (QED) is 0.480. The Morgan fingerprint density at radius 1 is 1.07 bits per heavy atom. The van der Waals surface area contributed by atoms with Crippen LogP contribution in [0.25, 0.3) is 0 Å². The molecule has 2 rings (SSSR count). The summed E-state index contributed by atoms with van der Waals surface area (Å²) < 4.78 is 11.0. The molecule has 2 amide bonds. The second kappa shape index (κ2) is 10.8. The third-order valence-electron chi connectivity index (χ3n) is 4.48. The van der Waals surface area contributed by atoms with Crippen LogP contribution in [0.2, 0.25) is 0 Å². The lowest BCUT2D eigenvalue weighted by atomic mass is 9.98. The number of para-hydroxylation sites is 1. The van der Waals surface area contributed by atoms with Crippen molar-refractivity contribution in [1.82, 2.24) is 10.9 Å². The number of ether oxygens (including phenoxy) is 2. The predicted octanol–water partition coefficient (Wildman–Crippen LogP) is 3.10. The van der Waals surface area contributed by atoms with Gasteiger partial charge in [0.15, 0.2) is 12.7 Å². The lowest BCUT2D eigenvalue weighted by Gasteiger charge is -2.19. The highest BCUT2D eigenvalue weighted by molar-refractivity contribution is 5.85. The molecule has 9 nitrogen and oxygen atoms in total. The van der Waals surface area contributed by atoms with Gasteiger partial charge in [-0.25, -0.2) is 0 Å². The zero-order valence-corrected chi connectivity index (χ0v) is 17.1. The van der Waals surface area contributed by atoms with Gasteiger partial charge < -0.3 is 9.47 Å². The van der Waals surface area contributed by atoms with E-state index >= 15 is 0 Å². The average molecular weight is 415 g/mol. The number of carbonyl (C=O) groups is 2. The Morgan fingerprint density at radius 2 is 1.73 bits per heavy atom. The molecular weight excluding hydrogens is 390 g/mol. The fourth-order valence-corrected chi connectivity index (χ4v) is 2.54. The van der Waals surface area contributed by atoms with Crippen molar-refractivity contribution >= 4 is 17.5 Å². The minimum atomic E-state index is -0.828. The maximum atomic E-state index is 12.2. The zero-order chi connectivity index (χ0) is 22.1. The third kappa shape index (κ3) is 6.47. The Labute approximate surface area is 174 Å². The molecule has 0 radical (unpaired) electrons. The number of nitro groups is 1. The predicted molar refractivity (Wildman–Crippen MR) is 110 cm³/mol. The summed E-state index contributed by atoms with van der Waals surface area (Å²) in [6, 6.07) is 12.8. The highest BCUT2D eigenvalue weighted by atomic mass is 16.6. The Hall–Kier alpha value is -3.62. The number of benzene rings is 2. The molecule has 0 aliphatic rings. The van der Waals surface area contributed by atoms with Crippen LogP contribution in [-0.4, -0.2) is 29.4 Å². The van der Waals surface area contributed by atoms with Gasteiger partial charge in [-0.3, -0.25) is 30.6 Å². The maximum Gasteiger partial charge on any atom is 0.279 e. The molecule has 0 saturated heterocycles. The van der Waals surface area contributed by atoms with Crippen LogP contribution in [0.1, 0.15) is 38.7 Å². The summed E-state index contributed by atoms with van der Waals surface area (Å²) in [5, 5.41) is 10.6. The smallest absolute Gasteiger partial charge is 0.279 e. The topological polar surface area (TPSA) is 120 Å². The Balaban J connectivity index is 1.80. The minimum absolute atomic E-state index is 0.0806. The molecule has 0 saturated carbocycles. The summed E-state index contributed by atoms with van der Waals surface area (Å²) in [5.74, 6) is 0.0991. The van der Waals surface area contributed by atoms with Gasteiger partial charge in [0.05, 0.1) is 4.92 Å². The van der Waals surface area contributed by atoms with Gasteiger partial charge in [0.25, 0.3) is 17.5 Å². The number of hydrogen-bond acceptors (Lipinski definition) is 6. The third-order valence-corrected chi connectivity index (χ3v) is 4.48. The highest BCUT2D eigenvalue weighted by Gasteiger charge is 2.18. The monoisotopic (exact) mass is 415 g/mol. The molecule has 0 aliphatic heterocycles. The molecule has 2 atom stereocenters. The number of hydrogen-bond donors (Lipinski definition) is 2. The Morgan fingerprint density at radius 3 is 2.37 bits per heavy atom. The molecule has 30 heavy (non-hydrogen) atoms. The lowest BCUT2D eigenvalue weighted by Crippen LogP contribution is -2.48. The van der Waals surface area contributed by atoms with E-state index in [1.807, 2.05) is 24.3 Å². The first-order valence-corrected chi connectivity index (χ1v) is 9.53. The van der Waals surface area contributed by atoms with Gasteiger partial charge in [0.2, 0.25) is 0 Å². The van der Waals surface area contributed by atoms with Crippen molar-refractivity contribution in [3.8, 4) is 11.5 Å². The van der Waals surface area contributed by atoms with Crippen LogP contribution >= 0.6 is 0 Å². The van der Waals surface area contributed by atoms with Gasteiger partial charge in [-0.2, -0.15) is 0 Å². The molecular formula is C21H25N3O6. The Kier molecular flexibility index (Phi) is 8.16. The normalized spacial score (nSPS) is 12.4. The molecule has 9 heteroatoms. The van der Waals surface area contributed by atoms with Crippen molar-refractivity contribution in [3.63, 3.8) is 0 Å².